The Morgan fingerprint density at radius 2 is 1.01 bits per heavy atom. The summed E-state index contributed by atoms with van der Waals surface area (Å²) in [5, 5.41) is 0. The van der Waals surface area contributed by atoms with E-state index in [1.165, 1.54) is 119 Å². The lowest BCUT2D eigenvalue weighted by Gasteiger charge is -2.51. The number of anilines is 11. The molecule has 1 saturated carbocycles. The second-order valence-corrected chi connectivity index (χ2v) is 27.3. The van der Waals surface area contributed by atoms with Crippen molar-refractivity contribution in [1.29, 1.82) is 0 Å². The largest absolute Gasteiger partial charge is 0.334 e. The summed E-state index contributed by atoms with van der Waals surface area (Å²) in [5.74, 6) is 0. The monoisotopic (exact) mass is 1040 g/mol. The van der Waals surface area contributed by atoms with Gasteiger partial charge in [0.05, 0.1) is 11.2 Å². The van der Waals surface area contributed by atoms with Gasteiger partial charge in [0, 0.05) is 67.9 Å². The number of hydrogen-bond acceptors (Lipinski definition) is 4. The van der Waals surface area contributed by atoms with Gasteiger partial charge in [0.1, 0.15) is 0 Å². The summed E-state index contributed by atoms with van der Waals surface area (Å²) < 4.78 is 0. The van der Waals surface area contributed by atoms with E-state index >= 15 is 0 Å². The Balaban J connectivity index is 1.12. The molecule has 14 rings (SSSR count). The van der Waals surface area contributed by atoms with Crippen molar-refractivity contribution in [3.05, 3.63) is 228 Å². The molecule has 3 heterocycles. The van der Waals surface area contributed by atoms with Crippen LogP contribution in [0.1, 0.15) is 135 Å². The molecule has 80 heavy (non-hydrogen) atoms. The Morgan fingerprint density at radius 1 is 0.425 bits per heavy atom. The molecule has 5 aliphatic rings. The van der Waals surface area contributed by atoms with Crippen molar-refractivity contribution < 1.29 is 0 Å². The minimum absolute atomic E-state index is 0.0104. The SMILES string of the molecule is CC(C)(C)c1ccc(N2c3ccc(C(C)(C)C)cc3B3c4ccc(N(c5ccccc5)c5ccccc5)cc4N(c4cccc5c4-c4ccccc4C5)c4cc(N5c6ccc(C(C)(C)C)cc6C6(C)CCCCC56C)cc2c43)cc1. The van der Waals surface area contributed by atoms with Gasteiger partial charge in [0.25, 0.3) is 6.71 Å². The number of fused-ring (bicyclic) bond motifs is 10. The topological polar surface area (TPSA) is 13.0 Å². The molecule has 0 spiro atoms. The zero-order valence-corrected chi connectivity index (χ0v) is 48.9. The molecule has 0 N–H and O–H groups in total. The van der Waals surface area contributed by atoms with Gasteiger partial charge in [-0.1, -0.05) is 197 Å². The summed E-state index contributed by atoms with van der Waals surface area (Å²) in [6, 6.07) is 75.2. The number of benzene rings is 9. The molecule has 5 heteroatoms. The van der Waals surface area contributed by atoms with E-state index in [0.717, 1.165) is 36.3 Å². The van der Waals surface area contributed by atoms with E-state index in [-0.39, 0.29) is 33.9 Å². The molecular weight excluding hydrogens is 968 g/mol. The smallest absolute Gasteiger partial charge is 0.252 e. The van der Waals surface area contributed by atoms with Crippen LogP contribution in [0.3, 0.4) is 0 Å². The van der Waals surface area contributed by atoms with E-state index in [0.29, 0.717) is 0 Å². The van der Waals surface area contributed by atoms with Crippen molar-refractivity contribution >= 4 is 85.7 Å². The maximum absolute atomic E-state index is 2.83. The summed E-state index contributed by atoms with van der Waals surface area (Å²) in [4.78, 5) is 10.6. The highest BCUT2D eigenvalue weighted by Crippen LogP contribution is 2.63. The molecule has 4 nitrogen and oxygen atoms in total. The van der Waals surface area contributed by atoms with Crippen LogP contribution in [0.15, 0.2) is 194 Å². The standard InChI is InChI=1S/C75H75BN4/c1-71(2,3)51-31-35-56(36-32-51)78-64-40-34-53(73(7,8)9)45-62(64)76-61-38-37-57(77(54-25-14-12-15-26-54)55-27-16-13-17-28-55)46-66(61)79(65-30-22-24-50-43-49-23-18-19-29-59(49)69(50)65)68-48-58(47-67(78)70(68)76)80-63-39-33-52(72(4,5)6)44-60(63)74(10)41-20-21-42-75(74,80)11/h12-19,22-40,44-48H,20-21,41-43H2,1-11H3. The number of hydrogen-bond donors (Lipinski definition) is 0. The highest BCUT2D eigenvalue weighted by Gasteiger charge is 2.58. The second-order valence-electron chi connectivity index (χ2n) is 27.3. The summed E-state index contributed by atoms with van der Waals surface area (Å²) in [5.41, 5.74) is 28.0. The van der Waals surface area contributed by atoms with E-state index in [9.17, 15) is 0 Å². The molecule has 0 saturated heterocycles. The number of nitrogens with zero attached hydrogens (tertiary/aromatic N) is 4. The van der Waals surface area contributed by atoms with E-state index in [1.807, 2.05) is 0 Å². The van der Waals surface area contributed by atoms with Crippen LogP contribution in [0.2, 0.25) is 0 Å². The molecule has 0 bridgehead atoms. The Morgan fingerprint density at radius 3 is 1.69 bits per heavy atom. The van der Waals surface area contributed by atoms with Gasteiger partial charge in [0.15, 0.2) is 0 Å². The molecule has 1 fully saturated rings. The fraction of sp³-hybridized carbons (Fsp3) is 0.280. The molecular formula is C75H75BN4. The normalized spacial score (nSPS) is 18.7. The lowest BCUT2D eigenvalue weighted by atomic mass is 9.33. The Hall–Kier alpha value is -7.76. The van der Waals surface area contributed by atoms with Gasteiger partial charge in [-0.15, -0.1) is 0 Å². The van der Waals surface area contributed by atoms with Crippen LogP contribution in [0, 0.1) is 0 Å². The molecule has 0 aromatic heterocycles. The minimum atomic E-state index is -0.179. The first-order valence-electron chi connectivity index (χ1n) is 29.5. The molecule has 3 aliphatic heterocycles. The van der Waals surface area contributed by atoms with Crippen LogP contribution in [-0.2, 0) is 28.1 Å². The molecule has 2 atom stereocenters. The fourth-order valence-electron chi connectivity index (χ4n) is 14.9. The predicted octanol–water partition coefficient (Wildman–Crippen LogP) is 18.4. The Kier molecular flexibility index (Phi) is 11.3. The van der Waals surface area contributed by atoms with Crippen LogP contribution in [0.25, 0.3) is 11.1 Å². The minimum Gasteiger partial charge on any atom is -0.334 e. The van der Waals surface area contributed by atoms with Gasteiger partial charge in [0.2, 0.25) is 0 Å². The van der Waals surface area contributed by atoms with Crippen LogP contribution in [-0.4, -0.2) is 12.3 Å². The molecule has 0 amide bonds. The maximum atomic E-state index is 2.83. The van der Waals surface area contributed by atoms with Crippen LogP contribution >= 0.6 is 0 Å². The van der Waals surface area contributed by atoms with E-state index in [4.69, 9.17) is 0 Å². The number of rotatable bonds is 6. The van der Waals surface area contributed by atoms with Crippen LogP contribution < -0.4 is 36.0 Å². The first kappa shape index (κ1) is 50.5. The van der Waals surface area contributed by atoms with Crippen molar-refractivity contribution in [1.82, 2.24) is 0 Å². The lowest BCUT2D eigenvalue weighted by Crippen LogP contribution is -2.61. The van der Waals surface area contributed by atoms with Crippen molar-refractivity contribution in [2.45, 2.75) is 135 Å². The van der Waals surface area contributed by atoms with Gasteiger partial charge >= 0.3 is 0 Å². The van der Waals surface area contributed by atoms with Crippen LogP contribution in [0.5, 0.6) is 0 Å². The third-order valence-corrected chi connectivity index (χ3v) is 19.4. The van der Waals surface area contributed by atoms with Gasteiger partial charge in [-0.2, -0.15) is 0 Å². The highest BCUT2D eigenvalue weighted by atomic mass is 15.3. The van der Waals surface area contributed by atoms with Gasteiger partial charge in [-0.3, -0.25) is 0 Å². The molecule has 9 aromatic carbocycles. The average Bonchev–Trinajstić information content (AvgIpc) is 4.11. The third kappa shape index (κ3) is 7.62. The lowest BCUT2D eigenvalue weighted by molar-refractivity contribution is 0.195. The predicted molar refractivity (Wildman–Crippen MR) is 342 cm³/mol. The summed E-state index contributed by atoms with van der Waals surface area (Å²) >= 11 is 0. The van der Waals surface area contributed by atoms with Gasteiger partial charge in [-0.05, 0) is 177 Å². The van der Waals surface area contributed by atoms with Gasteiger partial charge in [-0.25, -0.2) is 0 Å². The van der Waals surface area contributed by atoms with Crippen molar-refractivity contribution in [3.63, 3.8) is 0 Å². The van der Waals surface area contributed by atoms with E-state index in [1.54, 1.807) is 0 Å². The van der Waals surface area contributed by atoms with Gasteiger partial charge < -0.3 is 19.6 Å². The summed E-state index contributed by atoms with van der Waals surface area (Å²) in [6.07, 6.45) is 5.62. The van der Waals surface area contributed by atoms with E-state index in [2.05, 4.69) is 290 Å². The zero-order chi connectivity index (χ0) is 55.3. The first-order chi connectivity index (χ1) is 38.3. The quantitative estimate of drug-likeness (QED) is 0.154. The van der Waals surface area contributed by atoms with Crippen LogP contribution in [0.4, 0.5) is 62.6 Å². The number of para-hydroxylation sites is 2. The molecule has 398 valence electrons. The fourth-order valence-corrected chi connectivity index (χ4v) is 14.9. The Labute approximate surface area is 476 Å². The highest BCUT2D eigenvalue weighted by molar-refractivity contribution is 7.00. The third-order valence-electron chi connectivity index (χ3n) is 19.4. The van der Waals surface area contributed by atoms with Crippen molar-refractivity contribution in [2.75, 3.05) is 19.6 Å². The second kappa shape index (κ2) is 17.9. The molecule has 0 radical (unpaired) electrons. The maximum Gasteiger partial charge on any atom is 0.252 e. The Bertz CT molecular complexity index is 3890. The zero-order valence-electron chi connectivity index (χ0n) is 48.9. The van der Waals surface area contributed by atoms with E-state index < -0.39 is 0 Å². The molecule has 2 aliphatic carbocycles. The molecule has 9 aromatic rings. The first-order valence-corrected chi connectivity index (χ1v) is 29.5. The van der Waals surface area contributed by atoms with Crippen molar-refractivity contribution in [3.8, 4) is 11.1 Å². The van der Waals surface area contributed by atoms with Crippen molar-refractivity contribution in [2.24, 2.45) is 0 Å². The average molecular weight is 1040 g/mol. The molecule has 2 unspecified atom stereocenters. The summed E-state index contributed by atoms with van der Waals surface area (Å²) in [6.45, 7) is 26.3. The summed E-state index contributed by atoms with van der Waals surface area (Å²) in [7, 11) is 0.